The van der Waals surface area contributed by atoms with Gasteiger partial charge in [-0.1, -0.05) is 48.0 Å². The number of imide groups is 1. The van der Waals surface area contributed by atoms with Crippen LogP contribution >= 0.6 is 0 Å². The van der Waals surface area contributed by atoms with Crippen molar-refractivity contribution in [2.24, 2.45) is 0 Å². The molecule has 5 nitrogen and oxygen atoms in total. The molecule has 5 heteroatoms. The van der Waals surface area contributed by atoms with E-state index in [2.05, 4.69) is 12.1 Å². The average Bonchev–Trinajstić information content (AvgIpc) is 3.09. The summed E-state index contributed by atoms with van der Waals surface area (Å²) in [5.41, 5.74) is 6.50. The van der Waals surface area contributed by atoms with Gasteiger partial charge in [0.1, 0.15) is 11.4 Å². The molecular formula is C29H28N2O3. The maximum absolute atomic E-state index is 14.0. The van der Waals surface area contributed by atoms with Gasteiger partial charge in [-0.3, -0.25) is 9.59 Å². The zero-order valence-electron chi connectivity index (χ0n) is 19.8. The van der Waals surface area contributed by atoms with Crippen molar-refractivity contribution in [1.29, 1.82) is 0 Å². The number of anilines is 2. The van der Waals surface area contributed by atoms with Crippen LogP contribution in [0.1, 0.15) is 35.6 Å². The summed E-state index contributed by atoms with van der Waals surface area (Å²) in [5.74, 6) is 0.0272. The molecule has 3 aromatic rings. The van der Waals surface area contributed by atoms with Gasteiger partial charge in [-0.25, -0.2) is 4.90 Å². The number of nitrogens with zero attached hydrogens (tertiary/aromatic N) is 2. The summed E-state index contributed by atoms with van der Waals surface area (Å²) in [6.07, 6.45) is 1.88. The lowest BCUT2D eigenvalue weighted by Gasteiger charge is -2.32. The highest BCUT2D eigenvalue weighted by Crippen LogP contribution is 2.40. The molecule has 0 spiro atoms. The maximum Gasteiger partial charge on any atom is 0.282 e. The fourth-order valence-electron chi connectivity index (χ4n) is 4.98. The van der Waals surface area contributed by atoms with Crippen LogP contribution in [-0.4, -0.2) is 25.0 Å². The van der Waals surface area contributed by atoms with Crippen LogP contribution in [0.15, 0.2) is 72.4 Å². The van der Waals surface area contributed by atoms with Crippen LogP contribution in [0, 0.1) is 13.8 Å². The van der Waals surface area contributed by atoms with E-state index in [1.807, 2.05) is 68.1 Å². The normalized spacial score (nSPS) is 15.7. The molecule has 0 saturated heterocycles. The fraction of sp³-hybridized carbons (Fsp3) is 0.241. The Morgan fingerprint density at radius 3 is 2.53 bits per heavy atom. The molecule has 3 aromatic carbocycles. The highest BCUT2D eigenvalue weighted by Gasteiger charge is 2.44. The van der Waals surface area contributed by atoms with E-state index in [0.717, 1.165) is 35.2 Å². The minimum atomic E-state index is -0.302. The molecule has 2 aliphatic rings. The van der Waals surface area contributed by atoms with Crippen molar-refractivity contribution in [1.82, 2.24) is 0 Å². The predicted molar refractivity (Wildman–Crippen MR) is 135 cm³/mol. The smallest absolute Gasteiger partial charge is 0.282 e. The Bertz CT molecular complexity index is 1320. The van der Waals surface area contributed by atoms with Crippen LogP contribution in [0.3, 0.4) is 0 Å². The number of fused-ring (bicyclic) bond motifs is 1. The fourth-order valence-corrected chi connectivity index (χ4v) is 4.98. The average molecular weight is 453 g/mol. The van der Waals surface area contributed by atoms with Crippen LogP contribution in [0.25, 0.3) is 5.57 Å². The monoisotopic (exact) mass is 452 g/mol. The van der Waals surface area contributed by atoms with Gasteiger partial charge in [-0.15, -0.1) is 0 Å². The minimum absolute atomic E-state index is 0.301. The third-order valence-corrected chi connectivity index (χ3v) is 6.48. The minimum Gasteiger partial charge on any atom is -0.494 e. The molecule has 2 amide bonds. The summed E-state index contributed by atoms with van der Waals surface area (Å²) < 4.78 is 5.64. The highest BCUT2D eigenvalue weighted by molar-refractivity contribution is 6.46. The molecule has 2 aliphatic heterocycles. The number of para-hydroxylation sites is 1. The number of aryl methyl sites for hydroxylation is 3. The van der Waals surface area contributed by atoms with Crippen LogP contribution in [0.4, 0.5) is 11.4 Å². The molecule has 172 valence electrons. The van der Waals surface area contributed by atoms with Crippen molar-refractivity contribution in [2.75, 3.05) is 23.0 Å². The van der Waals surface area contributed by atoms with Gasteiger partial charge in [-0.2, -0.15) is 0 Å². The van der Waals surface area contributed by atoms with Crippen LogP contribution in [-0.2, 0) is 16.0 Å². The Hall–Kier alpha value is -3.86. The summed E-state index contributed by atoms with van der Waals surface area (Å²) in [6, 6.07) is 21.3. The Labute approximate surface area is 200 Å². The second-order valence-corrected chi connectivity index (χ2v) is 8.80. The van der Waals surface area contributed by atoms with Crippen molar-refractivity contribution in [3.63, 3.8) is 0 Å². The van der Waals surface area contributed by atoms with Gasteiger partial charge in [0.15, 0.2) is 0 Å². The van der Waals surface area contributed by atoms with Gasteiger partial charge in [0.05, 0.1) is 17.9 Å². The van der Waals surface area contributed by atoms with Crippen LogP contribution in [0.5, 0.6) is 5.75 Å². The Morgan fingerprint density at radius 2 is 1.74 bits per heavy atom. The summed E-state index contributed by atoms with van der Waals surface area (Å²) in [6.45, 7) is 7.12. The molecule has 0 fully saturated rings. The molecule has 0 N–H and O–H groups in total. The second-order valence-electron chi connectivity index (χ2n) is 8.80. The van der Waals surface area contributed by atoms with Gasteiger partial charge in [0.25, 0.3) is 11.8 Å². The molecule has 5 rings (SSSR count). The van der Waals surface area contributed by atoms with Gasteiger partial charge < -0.3 is 9.64 Å². The summed E-state index contributed by atoms with van der Waals surface area (Å²) in [5, 5.41) is 0. The zero-order valence-corrected chi connectivity index (χ0v) is 19.8. The lowest BCUT2D eigenvalue weighted by Crippen LogP contribution is -2.37. The highest BCUT2D eigenvalue weighted by atomic mass is 16.5. The second kappa shape index (κ2) is 8.82. The Kier molecular flexibility index (Phi) is 5.70. The lowest BCUT2D eigenvalue weighted by atomic mass is 9.95. The Balaban J connectivity index is 1.69. The van der Waals surface area contributed by atoms with E-state index in [1.165, 1.54) is 10.5 Å². The van der Waals surface area contributed by atoms with E-state index < -0.39 is 0 Å². The van der Waals surface area contributed by atoms with E-state index in [-0.39, 0.29) is 11.8 Å². The summed E-state index contributed by atoms with van der Waals surface area (Å²) in [4.78, 5) is 31.3. The van der Waals surface area contributed by atoms with Crippen molar-refractivity contribution in [3.8, 4) is 5.75 Å². The standard InChI is InChI=1S/C29H28N2O3/c1-4-34-23-12-7-11-22(18-23)31-28(32)26(24-15-14-19(2)17-20(24)3)27(29(31)33)30-16-8-10-21-9-5-6-13-25(21)30/h5-7,9,11-15,17-18H,4,8,10,16H2,1-3H3. The third-order valence-electron chi connectivity index (χ3n) is 6.48. The number of carbonyl (C=O) groups excluding carboxylic acids is 2. The molecule has 0 aliphatic carbocycles. The summed E-state index contributed by atoms with van der Waals surface area (Å²) >= 11 is 0. The number of benzene rings is 3. The number of hydrogen-bond acceptors (Lipinski definition) is 4. The van der Waals surface area contributed by atoms with Crippen molar-refractivity contribution < 1.29 is 14.3 Å². The number of amides is 2. The number of rotatable bonds is 5. The van der Waals surface area contributed by atoms with E-state index in [4.69, 9.17) is 4.74 Å². The predicted octanol–water partition coefficient (Wildman–Crippen LogP) is 5.44. The van der Waals surface area contributed by atoms with Gasteiger partial charge in [0.2, 0.25) is 0 Å². The molecule has 0 radical (unpaired) electrons. The van der Waals surface area contributed by atoms with Crippen molar-refractivity contribution in [3.05, 3.63) is 94.7 Å². The van der Waals surface area contributed by atoms with Crippen LogP contribution < -0.4 is 14.5 Å². The molecule has 0 saturated carbocycles. The van der Waals surface area contributed by atoms with Crippen molar-refractivity contribution in [2.45, 2.75) is 33.6 Å². The SMILES string of the molecule is CCOc1cccc(N2C(=O)C(c3ccc(C)cc3C)=C(N3CCCc4ccccc43)C2=O)c1. The lowest BCUT2D eigenvalue weighted by molar-refractivity contribution is -0.120. The van der Waals surface area contributed by atoms with E-state index in [1.54, 1.807) is 12.1 Å². The molecular weight excluding hydrogens is 424 g/mol. The Morgan fingerprint density at radius 1 is 0.912 bits per heavy atom. The molecule has 0 unspecified atom stereocenters. The first-order chi connectivity index (χ1) is 16.5. The molecule has 0 bridgehead atoms. The van der Waals surface area contributed by atoms with E-state index >= 15 is 0 Å². The first-order valence-electron chi connectivity index (χ1n) is 11.8. The van der Waals surface area contributed by atoms with Crippen LogP contribution in [0.2, 0.25) is 0 Å². The van der Waals surface area contributed by atoms with Gasteiger partial charge >= 0.3 is 0 Å². The zero-order chi connectivity index (χ0) is 23.8. The van der Waals surface area contributed by atoms with Crippen molar-refractivity contribution >= 4 is 28.8 Å². The first-order valence-corrected chi connectivity index (χ1v) is 11.8. The summed E-state index contributed by atoms with van der Waals surface area (Å²) in [7, 11) is 0. The third kappa shape index (κ3) is 3.67. The molecule has 0 aromatic heterocycles. The quantitative estimate of drug-likeness (QED) is 0.484. The molecule has 0 atom stereocenters. The number of hydrogen-bond donors (Lipinski definition) is 0. The number of ether oxygens (including phenoxy) is 1. The largest absolute Gasteiger partial charge is 0.494 e. The van der Waals surface area contributed by atoms with E-state index in [9.17, 15) is 9.59 Å². The molecule has 34 heavy (non-hydrogen) atoms. The number of carbonyl (C=O) groups is 2. The maximum atomic E-state index is 14.0. The first kappa shape index (κ1) is 22.0. The molecule has 2 heterocycles. The van der Waals surface area contributed by atoms with Gasteiger partial charge in [0, 0.05) is 18.3 Å². The van der Waals surface area contributed by atoms with Gasteiger partial charge in [-0.05, 0) is 68.5 Å². The topological polar surface area (TPSA) is 49.9 Å². The van der Waals surface area contributed by atoms with E-state index in [0.29, 0.717) is 35.9 Å².